The predicted molar refractivity (Wildman–Crippen MR) is 110 cm³/mol. The van der Waals surface area contributed by atoms with E-state index < -0.39 is 0 Å². The van der Waals surface area contributed by atoms with Crippen molar-refractivity contribution in [1.29, 1.82) is 0 Å². The number of thioether (sulfide) groups is 1. The molecule has 9 heteroatoms. The minimum atomic E-state index is -0.345. The van der Waals surface area contributed by atoms with Crippen LogP contribution in [0, 0.1) is 6.92 Å². The third-order valence-electron chi connectivity index (χ3n) is 4.67. The molecular formula is C19H20N6O2S. The van der Waals surface area contributed by atoms with Gasteiger partial charge in [0.05, 0.1) is 23.1 Å². The largest absolute Gasteiger partial charge is 0.332 e. The molecule has 0 amide bonds. The Morgan fingerprint density at radius 3 is 2.54 bits per heavy atom. The van der Waals surface area contributed by atoms with Crippen molar-refractivity contribution in [1.82, 2.24) is 28.7 Å². The van der Waals surface area contributed by atoms with Gasteiger partial charge in [-0.05, 0) is 25.5 Å². The first-order chi connectivity index (χ1) is 13.5. The number of imidazole rings is 1. The lowest BCUT2D eigenvalue weighted by Gasteiger charge is -2.09. The van der Waals surface area contributed by atoms with Crippen LogP contribution in [-0.2, 0) is 20.6 Å². The highest BCUT2D eigenvalue weighted by molar-refractivity contribution is 7.99. The summed E-state index contributed by atoms with van der Waals surface area (Å²) in [6.07, 6.45) is 2.21. The van der Waals surface area contributed by atoms with Crippen molar-refractivity contribution in [3.8, 4) is 0 Å². The number of hydrogen-bond acceptors (Lipinski definition) is 6. The number of rotatable bonds is 5. The van der Waals surface area contributed by atoms with Crippen molar-refractivity contribution in [2.24, 2.45) is 14.1 Å². The van der Waals surface area contributed by atoms with E-state index in [4.69, 9.17) is 0 Å². The van der Waals surface area contributed by atoms with Gasteiger partial charge in [-0.3, -0.25) is 13.9 Å². The fourth-order valence-corrected chi connectivity index (χ4v) is 4.08. The molecule has 0 aliphatic heterocycles. The van der Waals surface area contributed by atoms with E-state index in [0.717, 1.165) is 27.5 Å². The monoisotopic (exact) mass is 396 g/mol. The van der Waals surface area contributed by atoms with Crippen LogP contribution >= 0.6 is 11.8 Å². The quantitative estimate of drug-likeness (QED) is 0.378. The zero-order chi connectivity index (χ0) is 19.8. The third kappa shape index (κ3) is 3.11. The minimum absolute atomic E-state index is 0.301. The maximum Gasteiger partial charge on any atom is 0.332 e. The van der Waals surface area contributed by atoms with E-state index in [1.165, 1.54) is 9.13 Å². The van der Waals surface area contributed by atoms with Crippen LogP contribution in [0.2, 0.25) is 0 Å². The number of aromatic nitrogens is 6. The van der Waals surface area contributed by atoms with Gasteiger partial charge in [-0.2, -0.15) is 0 Å². The molecule has 3 heterocycles. The zero-order valence-corrected chi connectivity index (χ0v) is 16.7. The van der Waals surface area contributed by atoms with Crippen LogP contribution in [0.1, 0.15) is 12.1 Å². The summed E-state index contributed by atoms with van der Waals surface area (Å²) in [5.74, 6) is 0.729. The van der Waals surface area contributed by atoms with Crippen molar-refractivity contribution in [3.63, 3.8) is 0 Å². The first-order valence-corrected chi connectivity index (χ1v) is 9.93. The van der Waals surface area contributed by atoms with Gasteiger partial charge in [0.2, 0.25) is 0 Å². The lowest BCUT2D eigenvalue weighted by Crippen LogP contribution is -2.39. The molecular weight excluding hydrogens is 376 g/mol. The predicted octanol–water partition coefficient (Wildman–Crippen LogP) is 1.87. The van der Waals surface area contributed by atoms with Crippen molar-refractivity contribution < 1.29 is 0 Å². The summed E-state index contributed by atoms with van der Waals surface area (Å²) in [4.78, 5) is 38.6. The van der Waals surface area contributed by atoms with Crippen LogP contribution in [0.4, 0.5) is 0 Å². The van der Waals surface area contributed by atoms with Crippen molar-refractivity contribution in [2.45, 2.75) is 24.9 Å². The Balaban J connectivity index is 1.52. The van der Waals surface area contributed by atoms with Crippen LogP contribution in [0.15, 0.2) is 45.2 Å². The summed E-state index contributed by atoms with van der Waals surface area (Å²) in [7, 11) is 3.39. The molecule has 0 atom stereocenters. The van der Waals surface area contributed by atoms with Gasteiger partial charge in [0.1, 0.15) is 5.03 Å². The van der Waals surface area contributed by atoms with E-state index in [2.05, 4.69) is 15.0 Å². The normalized spacial score (nSPS) is 11.5. The number of fused-ring (bicyclic) bond motifs is 2. The lowest BCUT2D eigenvalue weighted by molar-refractivity contribution is 0.594. The molecule has 4 rings (SSSR count). The van der Waals surface area contributed by atoms with E-state index >= 15 is 0 Å². The van der Waals surface area contributed by atoms with Gasteiger partial charge in [0.25, 0.3) is 5.56 Å². The second-order valence-corrected chi connectivity index (χ2v) is 7.71. The van der Waals surface area contributed by atoms with Crippen LogP contribution < -0.4 is 11.2 Å². The van der Waals surface area contributed by atoms with Crippen LogP contribution in [0.5, 0.6) is 0 Å². The topological polar surface area (TPSA) is 87.6 Å². The minimum Gasteiger partial charge on any atom is -0.328 e. The molecule has 144 valence electrons. The Bertz CT molecular complexity index is 1300. The smallest absolute Gasteiger partial charge is 0.328 e. The van der Waals surface area contributed by atoms with Gasteiger partial charge in [0, 0.05) is 26.4 Å². The van der Waals surface area contributed by atoms with Gasteiger partial charge >= 0.3 is 5.69 Å². The van der Waals surface area contributed by atoms with Crippen molar-refractivity contribution in [3.05, 3.63) is 57.1 Å². The third-order valence-corrected chi connectivity index (χ3v) is 5.82. The number of para-hydroxylation sites is 2. The van der Waals surface area contributed by atoms with E-state index in [1.54, 1.807) is 36.8 Å². The summed E-state index contributed by atoms with van der Waals surface area (Å²) >= 11 is 1.59. The van der Waals surface area contributed by atoms with E-state index in [0.29, 0.717) is 24.1 Å². The van der Waals surface area contributed by atoms with Crippen LogP contribution in [-0.4, -0.2) is 34.4 Å². The molecule has 0 aliphatic rings. The highest BCUT2D eigenvalue weighted by Gasteiger charge is 2.14. The zero-order valence-electron chi connectivity index (χ0n) is 15.9. The van der Waals surface area contributed by atoms with Crippen LogP contribution in [0.25, 0.3) is 22.2 Å². The maximum atomic E-state index is 12.7. The Morgan fingerprint density at radius 1 is 1.07 bits per heavy atom. The van der Waals surface area contributed by atoms with Crippen molar-refractivity contribution >= 4 is 34.0 Å². The Kier molecular flexibility index (Phi) is 4.76. The molecule has 8 nitrogen and oxygen atoms in total. The van der Waals surface area contributed by atoms with Gasteiger partial charge in [-0.1, -0.05) is 12.1 Å². The van der Waals surface area contributed by atoms with Gasteiger partial charge in [0.15, 0.2) is 11.2 Å². The summed E-state index contributed by atoms with van der Waals surface area (Å²) in [6.45, 7) is 2.29. The molecule has 1 aromatic carbocycles. The molecule has 0 fully saturated rings. The maximum absolute atomic E-state index is 12.7. The Hall–Kier alpha value is -2.94. The number of nitrogens with zero attached hydrogens (tertiary/aromatic N) is 6. The second-order valence-electron chi connectivity index (χ2n) is 6.63. The van der Waals surface area contributed by atoms with E-state index in [1.807, 2.05) is 31.2 Å². The molecule has 0 N–H and O–H groups in total. The summed E-state index contributed by atoms with van der Waals surface area (Å²) in [6, 6.07) is 7.77. The average molecular weight is 396 g/mol. The number of aryl methyl sites for hydroxylation is 3. The summed E-state index contributed by atoms with van der Waals surface area (Å²) < 4.78 is 4.35. The standard InChI is InChI=1S/C19H20N6O2S/c1-12-17(22-14-8-5-4-7-13(14)21-12)28-10-6-9-25-18(26)15-16(20-11-23(15)2)24(3)19(25)27/h4-5,7-8,11H,6,9-10H2,1-3H3. The Labute approximate surface area is 164 Å². The first kappa shape index (κ1) is 18.4. The lowest BCUT2D eigenvalue weighted by atomic mass is 10.3. The highest BCUT2D eigenvalue weighted by atomic mass is 32.2. The highest BCUT2D eigenvalue weighted by Crippen LogP contribution is 2.22. The summed E-state index contributed by atoms with van der Waals surface area (Å²) in [5.41, 5.74) is 2.82. The van der Waals surface area contributed by atoms with Gasteiger partial charge in [-0.15, -0.1) is 11.8 Å². The molecule has 0 spiro atoms. The number of hydrogen-bond donors (Lipinski definition) is 0. The second kappa shape index (κ2) is 7.23. The average Bonchev–Trinajstić information content (AvgIpc) is 3.07. The molecule has 0 radical (unpaired) electrons. The molecule has 0 saturated heterocycles. The molecule has 28 heavy (non-hydrogen) atoms. The fourth-order valence-electron chi connectivity index (χ4n) is 3.19. The van der Waals surface area contributed by atoms with E-state index in [9.17, 15) is 9.59 Å². The first-order valence-electron chi connectivity index (χ1n) is 8.94. The molecule has 3 aromatic heterocycles. The van der Waals surface area contributed by atoms with E-state index in [-0.39, 0.29) is 11.2 Å². The molecule has 0 saturated carbocycles. The summed E-state index contributed by atoms with van der Waals surface area (Å²) in [5, 5.41) is 0.876. The van der Waals surface area contributed by atoms with Gasteiger partial charge < -0.3 is 4.57 Å². The molecule has 4 aromatic rings. The number of benzene rings is 1. The fraction of sp³-hybridized carbons (Fsp3) is 0.316. The molecule has 0 aliphatic carbocycles. The van der Waals surface area contributed by atoms with Crippen molar-refractivity contribution in [2.75, 3.05) is 5.75 Å². The molecule has 0 bridgehead atoms. The SMILES string of the molecule is Cc1nc2ccccc2nc1SCCCn1c(=O)c2c(ncn2C)n(C)c1=O. The van der Waals surface area contributed by atoms with Gasteiger partial charge in [-0.25, -0.2) is 19.7 Å². The molecule has 0 unspecified atom stereocenters. The van der Waals surface area contributed by atoms with Crippen LogP contribution in [0.3, 0.4) is 0 Å². The Morgan fingerprint density at radius 2 is 1.79 bits per heavy atom.